The molecule has 1 aromatic rings. The molecule has 3 heteroatoms. The van der Waals surface area contributed by atoms with Gasteiger partial charge in [0, 0.05) is 0 Å². The van der Waals surface area contributed by atoms with Gasteiger partial charge in [0.1, 0.15) is 24.2 Å². The van der Waals surface area contributed by atoms with Gasteiger partial charge in [-0.05, 0) is 48.9 Å². The van der Waals surface area contributed by atoms with Crippen LogP contribution in [0.25, 0.3) is 0 Å². The van der Waals surface area contributed by atoms with Crippen LogP contribution in [-0.2, 0) is 17.6 Å². The molecule has 1 atom stereocenters. The van der Waals surface area contributed by atoms with Crippen LogP contribution >= 0.6 is 0 Å². The van der Waals surface area contributed by atoms with Gasteiger partial charge >= 0.3 is 0 Å². The maximum absolute atomic E-state index is 6.00. The maximum atomic E-state index is 6.00. The van der Waals surface area contributed by atoms with Crippen LogP contribution in [-0.4, -0.2) is 26.4 Å². The van der Waals surface area contributed by atoms with Gasteiger partial charge in [0.15, 0.2) is 0 Å². The highest BCUT2D eigenvalue weighted by Crippen LogP contribution is 2.32. The zero-order chi connectivity index (χ0) is 15.1. The lowest BCUT2D eigenvalue weighted by Gasteiger charge is -2.16. The average molecular weight is 292 g/mol. The fourth-order valence-corrected chi connectivity index (χ4v) is 2.44. The molecule has 0 N–H and O–H groups in total. The second-order valence-corrected chi connectivity index (χ2v) is 5.75. The van der Waals surface area contributed by atoms with E-state index in [-0.39, 0.29) is 0 Å². The lowest BCUT2D eigenvalue weighted by Crippen LogP contribution is -2.07. The molecule has 0 radical (unpaired) electrons. The smallest absolute Gasteiger partial charge is 0.123 e. The summed E-state index contributed by atoms with van der Waals surface area (Å²) >= 11 is 0. The third-order valence-electron chi connectivity index (χ3n) is 3.89. The van der Waals surface area contributed by atoms with Gasteiger partial charge in [-0.2, -0.15) is 0 Å². The van der Waals surface area contributed by atoms with Crippen LogP contribution in [0.1, 0.15) is 50.7 Å². The van der Waals surface area contributed by atoms with E-state index in [4.69, 9.17) is 14.2 Å². The second kappa shape index (κ2) is 8.28. The molecule has 0 aliphatic carbocycles. The number of ether oxygens (including phenoxy) is 3. The first-order chi connectivity index (χ1) is 10.3. The summed E-state index contributed by atoms with van der Waals surface area (Å²) < 4.78 is 16.8. The van der Waals surface area contributed by atoms with Crippen LogP contribution in [0.2, 0.25) is 0 Å². The van der Waals surface area contributed by atoms with Crippen LogP contribution < -0.4 is 9.47 Å². The molecule has 1 aliphatic rings. The molecule has 1 aromatic carbocycles. The quantitative estimate of drug-likeness (QED) is 0.607. The molecule has 0 amide bonds. The van der Waals surface area contributed by atoms with Crippen LogP contribution in [0.3, 0.4) is 0 Å². The third-order valence-corrected chi connectivity index (χ3v) is 3.89. The number of methoxy groups -OCH3 is 1. The SMILES string of the molecule is CCCCc1cc(OCC2CO2)c(CCCC)cc1OC. The van der Waals surface area contributed by atoms with Gasteiger partial charge in [-0.15, -0.1) is 0 Å². The maximum Gasteiger partial charge on any atom is 0.123 e. The van der Waals surface area contributed by atoms with Crippen LogP contribution in [0, 0.1) is 0 Å². The Kier molecular flexibility index (Phi) is 6.37. The van der Waals surface area contributed by atoms with E-state index in [0.717, 1.165) is 30.9 Å². The Morgan fingerprint density at radius 1 is 1.05 bits per heavy atom. The first-order valence-corrected chi connectivity index (χ1v) is 8.22. The van der Waals surface area contributed by atoms with Crippen molar-refractivity contribution in [2.24, 2.45) is 0 Å². The molecule has 0 saturated carbocycles. The van der Waals surface area contributed by atoms with E-state index >= 15 is 0 Å². The van der Waals surface area contributed by atoms with E-state index in [1.165, 1.54) is 36.8 Å². The summed E-state index contributed by atoms with van der Waals surface area (Å²) in [6.45, 7) is 5.93. The van der Waals surface area contributed by atoms with Gasteiger partial charge in [-0.1, -0.05) is 26.7 Å². The fraction of sp³-hybridized carbons (Fsp3) is 0.667. The van der Waals surface area contributed by atoms with Crippen molar-refractivity contribution >= 4 is 0 Å². The van der Waals surface area contributed by atoms with E-state index < -0.39 is 0 Å². The Hall–Kier alpha value is -1.22. The summed E-state index contributed by atoms with van der Waals surface area (Å²) in [6, 6.07) is 4.35. The van der Waals surface area contributed by atoms with Crippen molar-refractivity contribution in [2.75, 3.05) is 20.3 Å². The lowest BCUT2D eigenvalue weighted by molar-refractivity contribution is 0.260. The minimum Gasteiger partial charge on any atom is -0.496 e. The molecule has 0 aromatic heterocycles. The zero-order valence-electron chi connectivity index (χ0n) is 13.6. The topological polar surface area (TPSA) is 31.0 Å². The number of unbranched alkanes of at least 4 members (excludes halogenated alkanes) is 2. The predicted molar refractivity (Wildman–Crippen MR) is 85.5 cm³/mol. The number of rotatable bonds is 10. The summed E-state index contributed by atoms with van der Waals surface area (Å²) in [7, 11) is 1.76. The minimum atomic E-state index is 0.296. The van der Waals surface area contributed by atoms with Crippen molar-refractivity contribution in [1.29, 1.82) is 0 Å². The number of epoxide rings is 1. The summed E-state index contributed by atoms with van der Waals surface area (Å²) in [5.41, 5.74) is 2.51. The highest BCUT2D eigenvalue weighted by molar-refractivity contribution is 5.47. The molecular formula is C18H28O3. The number of hydrogen-bond acceptors (Lipinski definition) is 3. The monoisotopic (exact) mass is 292 g/mol. The Balaban J connectivity index is 2.17. The van der Waals surface area contributed by atoms with E-state index in [1.807, 2.05) is 0 Å². The molecule has 118 valence electrons. The Morgan fingerprint density at radius 3 is 2.14 bits per heavy atom. The molecule has 21 heavy (non-hydrogen) atoms. The summed E-state index contributed by atoms with van der Waals surface area (Å²) in [6.07, 6.45) is 7.11. The van der Waals surface area contributed by atoms with E-state index in [1.54, 1.807) is 7.11 Å². The molecular weight excluding hydrogens is 264 g/mol. The molecule has 3 nitrogen and oxygen atoms in total. The molecule has 1 heterocycles. The third kappa shape index (κ3) is 4.92. The summed E-state index contributed by atoms with van der Waals surface area (Å²) in [5.74, 6) is 2.02. The summed E-state index contributed by atoms with van der Waals surface area (Å²) in [5, 5.41) is 0. The molecule has 1 unspecified atom stereocenters. The first-order valence-electron chi connectivity index (χ1n) is 8.22. The standard InChI is InChI=1S/C18H28O3/c1-4-6-8-14-11-18(21-13-16-12-20-16)15(9-7-5-2)10-17(14)19-3/h10-11,16H,4-9,12-13H2,1-3H3. The molecule has 1 aliphatic heterocycles. The largest absolute Gasteiger partial charge is 0.496 e. The van der Waals surface area contributed by atoms with Gasteiger partial charge < -0.3 is 14.2 Å². The predicted octanol–water partition coefficient (Wildman–Crippen LogP) is 4.16. The van der Waals surface area contributed by atoms with Gasteiger partial charge in [0.05, 0.1) is 13.7 Å². The van der Waals surface area contributed by atoms with E-state index in [2.05, 4.69) is 26.0 Å². The van der Waals surface area contributed by atoms with Gasteiger partial charge in [-0.25, -0.2) is 0 Å². The van der Waals surface area contributed by atoms with Crippen molar-refractivity contribution in [3.63, 3.8) is 0 Å². The highest BCUT2D eigenvalue weighted by Gasteiger charge is 2.24. The van der Waals surface area contributed by atoms with Gasteiger partial charge in [0.25, 0.3) is 0 Å². The van der Waals surface area contributed by atoms with Crippen molar-refractivity contribution in [1.82, 2.24) is 0 Å². The van der Waals surface area contributed by atoms with Crippen LogP contribution in [0.15, 0.2) is 12.1 Å². The second-order valence-electron chi connectivity index (χ2n) is 5.75. The van der Waals surface area contributed by atoms with Crippen molar-refractivity contribution in [2.45, 2.75) is 58.5 Å². The minimum absolute atomic E-state index is 0.296. The number of benzene rings is 1. The van der Waals surface area contributed by atoms with Crippen molar-refractivity contribution in [3.05, 3.63) is 23.3 Å². The van der Waals surface area contributed by atoms with Crippen molar-refractivity contribution < 1.29 is 14.2 Å². The molecule has 2 rings (SSSR count). The first kappa shape index (κ1) is 16.2. The summed E-state index contributed by atoms with van der Waals surface area (Å²) in [4.78, 5) is 0. The average Bonchev–Trinajstić information content (AvgIpc) is 3.33. The number of hydrogen-bond donors (Lipinski definition) is 0. The van der Waals surface area contributed by atoms with Gasteiger partial charge in [0.2, 0.25) is 0 Å². The number of aryl methyl sites for hydroxylation is 2. The fourth-order valence-electron chi connectivity index (χ4n) is 2.44. The molecule has 0 bridgehead atoms. The van der Waals surface area contributed by atoms with E-state index in [9.17, 15) is 0 Å². The highest BCUT2D eigenvalue weighted by atomic mass is 16.6. The van der Waals surface area contributed by atoms with Gasteiger partial charge in [-0.3, -0.25) is 0 Å². The van der Waals surface area contributed by atoms with Crippen LogP contribution in [0.4, 0.5) is 0 Å². The lowest BCUT2D eigenvalue weighted by atomic mass is 10.0. The Morgan fingerprint density at radius 2 is 1.62 bits per heavy atom. The van der Waals surface area contributed by atoms with Crippen LogP contribution in [0.5, 0.6) is 11.5 Å². The Bertz CT molecular complexity index is 438. The normalized spacial score (nSPS) is 16.8. The Labute approximate surface area is 128 Å². The van der Waals surface area contributed by atoms with Crippen molar-refractivity contribution in [3.8, 4) is 11.5 Å². The molecule has 0 spiro atoms. The molecule has 1 fully saturated rings. The van der Waals surface area contributed by atoms with E-state index in [0.29, 0.717) is 12.7 Å². The zero-order valence-corrected chi connectivity index (χ0v) is 13.6. The molecule has 1 saturated heterocycles.